The van der Waals surface area contributed by atoms with Crippen LogP contribution in [0.4, 0.5) is 11.4 Å². The summed E-state index contributed by atoms with van der Waals surface area (Å²) in [6.07, 6.45) is 2.76. The van der Waals surface area contributed by atoms with Gasteiger partial charge in [-0.3, -0.25) is 24.3 Å². The number of carbonyl (C=O) groups excluding carboxylic acids is 1. The van der Waals surface area contributed by atoms with E-state index in [4.69, 9.17) is 5.26 Å². The third-order valence-electron chi connectivity index (χ3n) is 3.31. The summed E-state index contributed by atoms with van der Waals surface area (Å²) in [5, 5.41) is 30.5. The molecule has 1 N–H and O–H groups in total. The molecule has 2 heterocycles. The van der Waals surface area contributed by atoms with E-state index in [0.29, 0.717) is 12.2 Å². The van der Waals surface area contributed by atoms with Crippen LogP contribution >= 0.6 is 0 Å². The number of anilines is 1. The van der Waals surface area contributed by atoms with Crippen LogP contribution < -0.4 is 5.32 Å². The van der Waals surface area contributed by atoms with Gasteiger partial charge in [0.15, 0.2) is 5.69 Å². The normalized spacial score (nSPS) is 11.7. The van der Waals surface area contributed by atoms with Gasteiger partial charge in [-0.15, -0.1) is 0 Å². The number of nitro groups is 1. The van der Waals surface area contributed by atoms with Crippen molar-refractivity contribution in [3.8, 4) is 6.07 Å². The van der Waals surface area contributed by atoms with E-state index in [-0.39, 0.29) is 17.1 Å². The second-order valence-corrected chi connectivity index (χ2v) is 4.86. The fourth-order valence-corrected chi connectivity index (χ4v) is 1.96. The fourth-order valence-electron chi connectivity index (χ4n) is 1.96. The number of rotatable bonds is 5. The van der Waals surface area contributed by atoms with Crippen LogP contribution in [0.2, 0.25) is 0 Å². The molecule has 0 bridgehead atoms. The number of hydrogen-bond donors (Lipinski definition) is 1. The fraction of sp³-hybridized carbons (Fsp3) is 0.385. The average Bonchev–Trinajstić information content (AvgIpc) is 3.09. The van der Waals surface area contributed by atoms with Gasteiger partial charge in [0.25, 0.3) is 0 Å². The van der Waals surface area contributed by atoms with E-state index >= 15 is 0 Å². The zero-order valence-electron chi connectivity index (χ0n) is 12.8. The maximum absolute atomic E-state index is 12.3. The molecule has 2 aromatic heterocycles. The van der Waals surface area contributed by atoms with Crippen LogP contribution in [0.1, 0.15) is 31.3 Å². The van der Waals surface area contributed by atoms with Crippen LogP contribution in [0.15, 0.2) is 12.4 Å². The van der Waals surface area contributed by atoms with Gasteiger partial charge >= 0.3 is 5.69 Å². The predicted molar refractivity (Wildman–Crippen MR) is 79.6 cm³/mol. The highest BCUT2D eigenvalue weighted by atomic mass is 16.6. The lowest BCUT2D eigenvalue weighted by Crippen LogP contribution is -2.24. The molecule has 2 aromatic rings. The van der Waals surface area contributed by atoms with E-state index in [1.165, 1.54) is 22.5 Å². The topological polar surface area (TPSA) is 132 Å². The van der Waals surface area contributed by atoms with E-state index in [1.807, 2.05) is 13.0 Å². The van der Waals surface area contributed by atoms with Gasteiger partial charge in [0, 0.05) is 12.7 Å². The van der Waals surface area contributed by atoms with Crippen LogP contribution in [0.25, 0.3) is 0 Å². The first kappa shape index (κ1) is 16.2. The van der Waals surface area contributed by atoms with E-state index < -0.39 is 16.9 Å². The molecule has 0 spiro atoms. The summed E-state index contributed by atoms with van der Waals surface area (Å²) >= 11 is 0. The number of nitriles is 1. The van der Waals surface area contributed by atoms with Crippen molar-refractivity contribution in [2.24, 2.45) is 0 Å². The number of aromatic nitrogens is 4. The Hall–Kier alpha value is -3.22. The minimum atomic E-state index is -0.779. The highest BCUT2D eigenvalue weighted by Crippen LogP contribution is 2.20. The molecule has 1 amide bonds. The molecule has 0 aromatic carbocycles. The lowest BCUT2D eigenvalue weighted by molar-refractivity contribution is -0.385. The molecule has 10 nitrogen and oxygen atoms in total. The molecular weight excluding hydrogens is 302 g/mol. The summed E-state index contributed by atoms with van der Waals surface area (Å²) in [5.74, 6) is -0.449. The number of nitrogens with one attached hydrogen (secondary N) is 1. The largest absolute Gasteiger partial charge is 0.320 e. The Morgan fingerprint density at radius 2 is 2.22 bits per heavy atom. The number of hydrogen-bond acceptors (Lipinski definition) is 6. The van der Waals surface area contributed by atoms with E-state index in [9.17, 15) is 14.9 Å². The van der Waals surface area contributed by atoms with Gasteiger partial charge in [0.1, 0.15) is 24.0 Å². The van der Waals surface area contributed by atoms with Crippen molar-refractivity contribution in [3.63, 3.8) is 0 Å². The molecule has 0 aliphatic heterocycles. The number of carbonyl (C=O) groups is 1. The monoisotopic (exact) mass is 317 g/mol. The van der Waals surface area contributed by atoms with Gasteiger partial charge in [-0.2, -0.15) is 15.5 Å². The average molecular weight is 317 g/mol. The summed E-state index contributed by atoms with van der Waals surface area (Å²) in [6.45, 7) is 5.47. The minimum Gasteiger partial charge on any atom is -0.320 e. The molecule has 0 fully saturated rings. The van der Waals surface area contributed by atoms with Crippen molar-refractivity contribution < 1.29 is 9.72 Å². The zero-order chi connectivity index (χ0) is 17.1. The first-order valence-electron chi connectivity index (χ1n) is 6.86. The molecule has 0 unspecified atom stereocenters. The molecular formula is C13H15N7O3. The SMILES string of the molecule is CCn1cc(NC(=O)[C@@H](C)n2cc([N+](=O)[O-])c(C)n2)c(C#N)n1. The van der Waals surface area contributed by atoms with Crippen LogP contribution in [-0.2, 0) is 11.3 Å². The summed E-state index contributed by atoms with van der Waals surface area (Å²) in [7, 11) is 0. The van der Waals surface area contributed by atoms with Crippen molar-refractivity contribution >= 4 is 17.3 Å². The van der Waals surface area contributed by atoms with Gasteiger partial charge < -0.3 is 5.32 Å². The van der Waals surface area contributed by atoms with Gasteiger partial charge in [0.2, 0.25) is 5.91 Å². The van der Waals surface area contributed by atoms with E-state index in [2.05, 4.69) is 15.5 Å². The molecule has 1 atom stereocenters. The molecule has 0 saturated carbocycles. The van der Waals surface area contributed by atoms with Gasteiger partial charge in [-0.1, -0.05) is 0 Å². The molecule has 10 heteroatoms. The first-order chi connectivity index (χ1) is 10.9. The Balaban J connectivity index is 2.21. The van der Waals surface area contributed by atoms with Crippen molar-refractivity contribution in [1.82, 2.24) is 19.6 Å². The Morgan fingerprint density at radius 3 is 2.74 bits per heavy atom. The second kappa shape index (κ2) is 6.27. The van der Waals surface area contributed by atoms with Crippen LogP contribution in [0.3, 0.4) is 0 Å². The maximum Gasteiger partial charge on any atom is 0.309 e. The van der Waals surface area contributed by atoms with Crippen LogP contribution in [0, 0.1) is 28.4 Å². The molecule has 23 heavy (non-hydrogen) atoms. The van der Waals surface area contributed by atoms with Crippen molar-refractivity contribution in [3.05, 3.63) is 33.9 Å². The molecule has 0 aliphatic carbocycles. The van der Waals surface area contributed by atoms with Gasteiger partial charge in [-0.25, -0.2) is 0 Å². The van der Waals surface area contributed by atoms with Gasteiger partial charge in [0.05, 0.1) is 10.6 Å². The first-order valence-corrected chi connectivity index (χ1v) is 6.86. The smallest absolute Gasteiger partial charge is 0.309 e. The summed E-state index contributed by atoms with van der Waals surface area (Å²) < 4.78 is 2.75. The highest BCUT2D eigenvalue weighted by molar-refractivity contribution is 5.94. The Morgan fingerprint density at radius 1 is 1.52 bits per heavy atom. The summed E-state index contributed by atoms with van der Waals surface area (Å²) in [4.78, 5) is 22.6. The van der Waals surface area contributed by atoms with Crippen LogP contribution in [0.5, 0.6) is 0 Å². The molecule has 0 radical (unpaired) electrons. The van der Waals surface area contributed by atoms with Crippen LogP contribution in [-0.4, -0.2) is 30.4 Å². The number of aryl methyl sites for hydroxylation is 2. The molecule has 0 aliphatic rings. The minimum absolute atomic E-state index is 0.107. The van der Waals surface area contributed by atoms with Gasteiger partial charge in [-0.05, 0) is 20.8 Å². The number of amides is 1. The van der Waals surface area contributed by atoms with E-state index in [0.717, 1.165) is 0 Å². The van der Waals surface area contributed by atoms with Crippen molar-refractivity contribution in [1.29, 1.82) is 5.26 Å². The number of nitrogens with zero attached hydrogens (tertiary/aromatic N) is 6. The summed E-state index contributed by atoms with van der Waals surface area (Å²) in [6, 6.07) is 1.13. The van der Waals surface area contributed by atoms with E-state index in [1.54, 1.807) is 13.1 Å². The maximum atomic E-state index is 12.3. The lowest BCUT2D eigenvalue weighted by atomic mass is 10.3. The lowest BCUT2D eigenvalue weighted by Gasteiger charge is -2.11. The molecule has 120 valence electrons. The zero-order valence-corrected chi connectivity index (χ0v) is 12.8. The Kier molecular flexibility index (Phi) is 4.40. The molecule has 2 rings (SSSR count). The third kappa shape index (κ3) is 3.18. The Bertz CT molecular complexity index is 799. The second-order valence-electron chi connectivity index (χ2n) is 4.86. The third-order valence-corrected chi connectivity index (χ3v) is 3.31. The highest BCUT2D eigenvalue weighted by Gasteiger charge is 2.23. The Labute approximate surface area is 131 Å². The van der Waals surface area contributed by atoms with Crippen molar-refractivity contribution in [2.45, 2.75) is 33.4 Å². The standard InChI is InChI=1S/C13H15N7O3/c1-4-18-6-11(10(5-14)17-18)15-13(21)9(3)19-7-12(20(22)23)8(2)16-19/h6-7,9H,4H2,1-3H3,(H,15,21)/t9-/m1/s1. The predicted octanol–water partition coefficient (Wildman–Crippen LogP) is 1.39. The van der Waals surface area contributed by atoms with Crippen molar-refractivity contribution in [2.75, 3.05) is 5.32 Å². The molecule has 0 saturated heterocycles. The summed E-state index contributed by atoms with van der Waals surface area (Å²) in [5.41, 5.74) is 0.479. The quantitative estimate of drug-likeness (QED) is 0.654.